The van der Waals surface area contributed by atoms with E-state index in [0.717, 1.165) is 6.42 Å². The summed E-state index contributed by atoms with van der Waals surface area (Å²) in [5, 5.41) is 10.8. The highest BCUT2D eigenvalue weighted by molar-refractivity contribution is 6.28. The van der Waals surface area contributed by atoms with Crippen LogP contribution in [0.5, 0.6) is 0 Å². The van der Waals surface area contributed by atoms with Gasteiger partial charge in [-0.1, -0.05) is 20.8 Å². The van der Waals surface area contributed by atoms with Crippen LogP contribution in [0.25, 0.3) is 0 Å². The van der Waals surface area contributed by atoms with Gasteiger partial charge in [0.1, 0.15) is 5.82 Å². The average Bonchev–Trinajstić information content (AvgIpc) is 2.14. The fourth-order valence-corrected chi connectivity index (χ4v) is 1.42. The summed E-state index contributed by atoms with van der Waals surface area (Å²) in [6.45, 7) is 6.46. The topological polar surface area (TPSA) is 50.7 Å². The molecule has 1 aromatic heterocycles. The molecule has 78 valence electrons. The molecule has 0 saturated heterocycles. The van der Waals surface area contributed by atoms with Gasteiger partial charge in [-0.15, -0.1) is 5.10 Å². The quantitative estimate of drug-likeness (QED) is 0.836. The largest absolute Gasteiger partial charge is 0.366 e. The van der Waals surface area contributed by atoms with Gasteiger partial charge < -0.3 is 5.32 Å². The van der Waals surface area contributed by atoms with Crippen LogP contribution < -0.4 is 5.32 Å². The molecule has 4 nitrogen and oxygen atoms in total. The predicted molar refractivity (Wildman–Crippen MR) is 57.4 cm³/mol. The molecule has 0 fully saturated rings. The van der Waals surface area contributed by atoms with Crippen molar-refractivity contribution in [3.8, 4) is 0 Å². The number of rotatable bonds is 4. The van der Waals surface area contributed by atoms with Gasteiger partial charge in [0.2, 0.25) is 5.28 Å². The lowest BCUT2D eigenvalue weighted by Crippen LogP contribution is -2.25. The number of hydrogen-bond acceptors (Lipinski definition) is 4. The van der Waals surface area contributed by atoms with Gasteiger partial charge in [0.15, 0.2) is 0 Å². The molecule has 1 heterocycles. The van der Waals surface area contributed by atoms with Gasteiger partial charge in [-0.25, -0.2) is 0 Å². The number of hydrogen-bond donors (Lipinski definition) is 1. The van der Waals surface area contributed by atoms with Crippen molar-refractivity contribution in [3.05, 3.63) is 11.5 Å². The third kappa shape index (κ3) is 3.10. The van der Waals surface area contributed by atoms with Crippen LogP contribution in [0.15, 0.2) is 6.20 Å². The van der Waals surface area contributed by atoms with Crippen molar-refractivity contribution < 1.29 is 0 Å². The molecule has 1 unspecified atom stereocenters. The van der Waals surface area contributed by atoms with E-state index in [-0.39, 0.29) is 5.28 Å². The summed E-state index contributed by atoms with van der Waals surface area (Å²) in [6, 6.07) is 0.391. The molecule has 0 amide bonds. The van der Waals surface area contributed by atoms with Crippen LogP contribution in [0.4, 0.5) is 5.82 Å². The minimum absolute atomic E-state index is 0.175. The van der Waals surface area contributed by atoms with Crippen molar-refractivity contribution in [2.24, 2.45) is 5.92 Å². The highest BCUT2D eigenvalue weighted by Crippen LogP contribution is 2.12. The lowest BCUT2D eigenvalue weighted by atomic mass is 10.0. The lowest BCUT2D eigenvalue weighted by molar-refractivity contribution is 0.509. The average molecular weight is 215 g/mol. The van der Waals surface area contributed by atoms with E-state index >= 15 is 0 Å². The molecule has 0 aliphatic heterocycles. The van der Waals surface area contributed by atoms with Gasteiger partial charge in [0.05, 0.1) is 6.20 Å². The zero-order valence-electron chi connectivity index (χ0n) is 8.66. The van der Waals surface area contributed by atoms with Crippen LogP contribution in [0.2, 0.25) is 5.28 Å². The SMILES string of the molecule is CCC(Nc1cnnc(Cl)n1)C(C)C. The Bertz CT molecular complexity index is 290. The Kier molecular flexibility index (Phi) is 4.07. The number of aromatic nitrogens is 3. The zero-order valence-corrected chi connectivity index (χ0v) is 9.41. The second-order valence-electron chi connectivity index (χ2n) is 3.51. The summed E-state index contributed by atoms with van der Waals surface area (Å²) in [4.78, 5) is 4.02. The molecule has 0 saturated carbocycles. The zero-order chi connectivity index (χ0) is 10.6. The van der Waals surface area contributed by atoms with E-state index in [1.807, 2.05) is 0 Å². The summed E-state index contributed by atoms with van der Waals surface area (Å²) in [5.41, 5.74) is 0. The van der Waals surface area contributed by atoms with E-state index in [0.29, 0.717) is 17.8 Å². The van der Waals surface area contributed by atoms with E-state index in [9.17, 15) is 0 Å². The Hall–Kier alpha value is -0.900. The number of halogens is 1. The van der Waals surface area contributed by atoms with Crippen LogP contribution >= 0.6 is 11.6 Å². The maximum atomic E-state index is 5.63. The summed E-state index contributed by atoms with van der Waals surface area (Å²) in [5.74, 6) is 1.24. The van der Waals surface area contributed by atoms with E-state index in [1.165, 1.54) is 0 Å². The summed E-state index contributed by atoms with van der Waals surface area (Å²) in [7, 11) is 0. The van der Waals surface area contributed by atoms with Crippen LogP contribution in [0, 0.1) is 5.92 Å². The number of nitrogens with one attached hydrogen (secondary N) is 1. The molecule has 1 rings (SSSR count). The summed E-state index contributed by atoms with van der Waals surface area (Å²) >= 11 is 5.63. The Morgan fingerprint density at radius 3 is 2.71 bits per heavy atom. The van der Waals surface area contributed by atoms with E-state index in [2.05, 4.69) is 41.3 Å². The minimum atomic E-state index is 0.175. The van der Waals surface area contributed by atoms with Gasteiger partial charge in [-0.3, -0.25) is 0 Å². The standard InChI is InChI=1S/C9H15ClN4/c1-4-7(6(2)3)12-8-5-11-14-9(10)13-8/h5-7H,4H2,1-3H3,(H,12,13,14). The fraction of sp³-hybridized carbons (Fsp3) is 0.667. The minimum Gasteiger partial charge on any atom is -0.366 e. The predicted octanol–water partition coefficient (Wildman–Crippen LogP) is 2.37. The number of anilines is 1. The van der Waals surface area contributed by atoms with Crippen LogP contribution in [-0.4, -0.2) is 21.2 Å². The van der Waals surface area contributed by atoms with Crippen molar-refractivity contribution in [1.82, 2.24) is 15.2 Å². The molecule has 0 radical (unpaired) electrons. The van der Waals surface area contributed by atoms with Crippen molar-refractivity contribution in [1.29, 1.82) is 0 Å². The van der Waals surface area contributed by atoms with E-state index in [1.54, 1.807) is 6.20 Å². The lowest BCUT2D eigenvalue weighted by Gasteiger charge is -2.20. The third-order valence-electron chi connectivity index (χ3n) is 2.11. The first-order valence-corrected chi connectivity index (χ1v) is 5.13. The molecule has 0 spiro atoms. The molecule has 5 heteroatoms. The third-order valence-corrected chi connectivity index (χ3v) is 2.27. The summed E-state index contributed by atoms with van der Waals surface area (Å²) < 4.78 is 0. The molecule has 0 bridgehead atoms. The van der Waals surface area contributed by atoms with Crippen molar-refractivity contribution >= 4 is 17.4 Å². The molecule has 0 aliphatic carbocycles. The van der Waals surface area contributed by atoms with E-state index < -0.39 is 0 Å². The Labute approximate surface area is 89.1 Å². The molecular formula is C9H15ClN4. The van der Waals surface area contributed by atoms with E-state index in [4.69, 9.17) is 11.6 Å². The second kappa shape index (κ2) is 5.10. The Morgan fingerprint density at radius 1 is 1.50 bits per heavy atom. The molecule has 14 heavy (non-hydrogen) atoms. The first-order chi connectivity index (χ1) is 6.63. The maximum absolute atomic E-state index is 5.63. The highest BCUT2D eigenvalue weighted by atomic mass is 35.5. The van der Waals surface area contributed by atoms with Crippen molar-refractivity contribution in [2.45, 2.75) is 33.2 Å². The smallest absolute Gasteiger partial charge is 0.244 e. The highest BCUT2D eigenvalue weighted by Gasteiger charge is 2.11. The van der Waals surface area contributed by atoms with Gasteiger partial charge >= 0.3 is 0 Å². The Balaban J connectivity index is 2.67. The molecule has 1 atom stereocenters. The molecular weight excluding hydrogens is 200 g/mol. The maximum Gasteiger partial charge on any atom is 0.244 e. The van der Waals surface area contributed by atoms with Crippen molar-refractivity contribution in [2.75, 3.05) is 5.32 Å². The van der Waals surface area contributed by atoms with Crippen LogP contribution in [0.1, 0.15) is 27.2 Å². The van der Waals surface area contributed by atoms with Gasteiger partial charge in [0.25, 0.3) is 0 Å². The first-order valence-electron chi connectivity index (χ1n) is 4.75. The normalized spacial score (nSPS) is 12.9. The molecule has 1 N–H and O–H groups in total. The molecule has 0 aliphatic rings. The van der Waals surface area contributed by atoms with Gasteiger partial charge in [-0.2, -0.15) is 10.1 Å². The fourth-order valence-electron chi connectivity index (χ4n) is 1.28. The van der Waals surface area contributed by atoms with Gasteiger partial charge in [-0.05, 0) is 23.9 Å². The van der Waals surface area contributed by atoms with Crippen LogP contribution in [0.3, 0.4) is 0 Å². The molecule has 1 aromatic rings. The number of nitrogens with zero attached hydrogens (tertiary/aromatic N) is 3. The van der Waals surface area contributed by atoms with Crippen molar-refractivity contribution in [3.63, 3.8) is 0 Å². The van der Waals surface area contributed by atoms with Gasteiger partial charge in [0, 0.05) is 6.04 Å². The summed E-state index contributed by atoms with van der Waals surface area (Å²) in [6.07, 6.45) is 2.62. The molecule has 0 aromatic carbocycles. The van der Waals surface area contributed by atoms with Crippen LogP contribution in [-0.2, 0) is 0 Å². The Morgan fingerprint density at radius 2 is 2.21 bits per heavy atom. The monoisotopic (exact) mass is 214 g/mol. The second-order valence-corrected chi connectivity index (χ2v) is 3.85. The first kappa shape index (κ1) is 11.2.